The topological polar surface area (TPSA) is 26.3 Å². The third-order valence-electron chi connectivity index (χ3n) is 10.2. The van der Waals surface area contributed by atoms with Gasteiger partial charge in [-0.1, -0.05) is 32.4 Å². The van der Waals surface area contributed by atoms with Crippen LogP contribution in [0.4, 0.5) is 13.2 Å². The maximum Gasteiger partial charge on any atom is 0.449 e. The van der Waals surface area contributed by atoms with Gasteiger partial charge in [-0.05, 0) is 119 Å². The molecule has 7 heteroatoms. The van der Waals surface area contributed by atoms with Crippen LogP contribution >= 0.6 is 12.0 Å². The van der Waals surface area contributed by atoms with Crippen molar-refractivity contribution in [1.29, 1.82) is 2.67 Å². The fraction of sp³-hybridized carbons (Fsp3) is 0.885. The van der Waals surface area contributed by atoms with Crippen LogP contribution in [0.1, 0.15) is 85.0 Å². The number of Topliss-reactive ketones (excluding diaryl/α,β-unsaturated/α-hetero) is 1. The Morgan fingerprint density at radius 1 is 1.33 bits per heavy atom. The van der Waals surface area contributed by atoms with Crippen molar-refractivity contribution in [3.05, 3.63) is 11.6 Å². The number of hydrogen-bond acceptors (Lipinski definition) is 3. The summed E-state index contributed by atoms with van der Waals surface area (Å²) >= 11 is 1.27. The molecule has 4 aliphatic carbocycles. The second-order valence-corrected chi connectivity index (χ2v) is 12.4. The van der Waals surface area contributed by atoms with E-state index in [2.05, 4.69) is 26.8 Å². The van der Waals surface area contributed by atoms with Gasteiger partial charge in [0, 0.05) is 6.42 Å². The highest BCUT2D eigenvalue weighted by molar-refractivity contribution is 7.95. The minimum atomic E-state index is -4.71. The summed E-state index contributed by atoms with van der Waals surface area (Å²) in [5.74, 6) is 0.846. The van der Waals surface area contributed by atoms with Crippen LogP contribution < -0.4 is 0 Å². The van der Waals surface area contributed by atoms with Crippen LogP contribution in [0.3, 0.4) is 0 Å². The molecule has 0 bridgehead atoms. The Morgan fingerprint density at radius 2 is 2.12 bits per heavy atom. The summed E-state index contributed by atoms with van der Waals surface area (Å²) in [6, 6.07) is 0. The highest BCUT2D eigenvalue weighted by Gasteiger charge is 2.59. The van der Waals surface area contributed by atoms with Gasteiger partial charge in [-0.3, -0.25) is 4.79 Å². The van der Waals surface area contributed by atoms with Gasteiger partial charge in [-0.2, -0.15) is 13.2 Å². The van der Waals surface area contributed by atoms with Gasteiger partial charge < -0.3 is 4.18 Å². The molecule has 0 spiro atoms. The minimum absolute atomic E-state index is 0.134. The zero-order chi connectivity index (χ0) is 25.6. The third-order valence-corrected chi connectivity index (χ3v) is 10.8. The van der Waals surface area contributed by atoms with E-state index in [0.29, 0.717) is 35.7 Å². The van der Waals surface area contributed by atoms with Crippen LogP contribution in [0, 0.1) is 40.4 Å². The van der Waals surface area contributed by atoms with E-state index in [9.17, 15) is 18.0 Å². The average Bonchev–Trinajstić information content (AvgIpc) is 3.13. The smallest absolute Gasteiger partial charge is 0.312 e. The fourth-order valence-electron chi connectivity index (χ4n) is 8.52. The minimum Gasteiger partial charge on any atom is -0.312 e. The summed E-state index contributed by atoms with van der Waals surface area (Å²) in [4.78, 5) is 11.5. The summed E-state index contributed by atoms with van der Waals surface area (Å²) < 4.78 is 58.8. The van der Waals surface area contributed by atoms with Crippen molar-refractivity contribution >= 4 is 25.6 Å². The molecule has 0 aromatic heterocycles. The standard InChI is InChI=1S/C26H40BF3O2S/c1-16(4-9-23(31)26(28,29)30)20-7-8-21-19-6-5-17-14-18(32-33-15-27)10-12-24(17,2)22(19)11-13-25(20,21)3/h5,16,18-22H,4,6-15,27H2,1-3H3/t16?,18-,19?,20?,21?,22?,24?,25?/m0/s1/i27TD. The predicted octanol–water partition coefficient (Wildman–Crippen LogP) is 6.74. The van der Waals surface area contributed by atoms with Crippen molar-refractivity contribution < 1.29 is 22.1 Å². The van der Waals surface area contributed by atoms with Gasteiger partial charge in [-0.25, -0.2) is 0 Å². The first-order valence-electron chi connectivity index (χ1n) is 13.9. The van der Waals surface area contributed by atoms with Gasteiger partial charge in [0.05, 0.1) is 6.10 Å². The number of rotatable bonds is 8. The molecule has 0 aromatic carbocycles. The maximum atomic E-state index is 12.7. The Morgan fingerprint density at radius 3 is 2.85 bits per heavy atom. The predicted molar refractivity (Wildman–Crippen MR) is 131 cm³/mol. The van der Waals surface area contributed by atoms with E-state index >= 15 is 0 Å². The molecule has 0 aromatic rings. The molecule has 4 aliphatic rings. The molecule has 0 saturated heterocycles. The lowest BCUT2D eigenvalue weighted by molar-refractivity contribution is -0.171. The zero-order valence-electron chi connectivity index (χ0n) is 22.3. The Kier molecular flexibility index (Phi) is 6.66. The lowest BCUT2D eigenvalue weighted by atomic mass is 9.47. The van der Waals surface area contributed by atoms with E-state index in [0.717, 1.165) is 44.9 Å². The van der Waals surface area contributed by atoms with Gasteiger partial charge in [-0.15, -0.1) is 0 Å². The van der Waals surface area contributed by atoms with Crippen molar-refractivity contribution in [2.24, 2.45) is 40.4 Å². The molecule has 0 radical (unpaired) electrons. The molecule has 0 aliphatic heterocycles. The van der Waals surface area contributed by atoms with Gasteiger partial charge in [0.25, 0.3) is 0 Å². The van der Waals surface area contributed by atoms with E-state index in [1.54, 1.807) is 0 Å². The molecule has 3 saturated carbocycles. The number of halogens is 3. The highest BCUT2D eigenvalue weighted by Crippen LogP contribution is 2.67. The number of alkyl halides is 3. The monoisotopic (exact) mass is 487 g/mol. The highest BCUT2D eigenvalue weighted by atomic mass is 32.2. The maximum absolute atomic E-state index is 12.7. The first-order chi connectivity index (χ1) is 16.4. The van der Waals surface area contributed by atoms with Crippen LogP contribution in [0.15, 0.2) is 11.6 Å². The van der Waals surface area contributed by atoms with Crippen LogP contribution in [0.2, 0.25) is 0 Å². The number of hydrogen-bond donors (Lipinski definition) is 0. The lowest BCUT2D eigenvalue weighted by Crippen LogP contribution is -2.50. The average molecular weight is 487 g/mol. The molecule has 0 amide bonds. The van der Waals surface area contributed by atoms with E-state index in [1.165, 1.54) is 24.0 Å². The number of carbonyl (C=O) groups is 1. The van der Waals surface area contributed by atoms with Gasteiger partial charge in [0.2, 0.25) is 5.78 Å². The van der Waals surface area contributed by atoms with Crippen LogP contribution in [-0.2, 0) is 8.98 Å². The second-order valence-electron chi connectivity index (χ2n) is 11.7. The van der Waals surface area contributed by atoms with Gasteiger partial charge in [0.15, 0.2) is 0 Å². The Hall–Kier alpha value is -0.425. The van der Waals surface area contributed by atoms with E-state index in [4.69, 9.17) is 6.85 Å². The SMILES string of the molecule is [2H]B([3H])CSO[C@H]1CCC2(C)C(=CCC3C2CCC2(C)C(C(C)CCC(=O)C(F)(F)F)CCC32)C1. The summed E-state index contributed by atoms with van der Waals surface area (Å²) in [5, 5.41) is 0. The van der Waals surface area contributed by atoms with E-state index in [-0.39, 0.29) is 29.3 Å². The molecule has 186 valence electrons. The van der Waals surface area contributed by atoms with E-state index in [1.807, 2.05) is 0 Å². The van der Waals surface area contributed by atoms with Crippen molar-refractivity contribution in [3.63, 3.8) is 0 Å². The van der Waals surface area contributed by atoms with Gasteiger partial charge in [0.1, 0.15) is 7.77 Å². The molecule has 8 atom stereocenters. The number of fused-ring (bicyclic) bond motifs is 5. The summed E-state index contributed by atoms with van der Waals surface area (Å²) in [5.41, 5.74) is 2.26. The summed E-state index contributed by atoms with van der Waals surface area (Å²) in [6.07, 6.45) is 6.57. The fourth-order valence-corrected chi connectivity index (χ4v) is 8.96. The summed E-state index contributed by atoms with van der Waals surface area (Å²) in [7, 11) is -0.858. The van der Waals surface area contributed by atoms with Crippen molar-refractivity contribution in [1.82, 2.24) is 0 Å². The van der Waals surface area contributed by atoms with Crippen LogP contribution in [-0.4, -0.2) is 34.2 Å². The zero-order valence-corrected chi connectivity index (χ0v) is 21.1. The number of ketones is 1. The number of carbonyl (C=O) groups excluding carboxylic acids is 1. The molecular weight excluding hydrogens is 444 g/mol. The van der Waals surface area contributed by atoms with Crippen LogP contribution in [0.25, 0.3) is 0 Å². The second kappa shape index (κ2) is 9.56. The molecule has 3 fully saturated rings. The Labute approximate surface area is 205 Å². The molecule has 0 heterocycles. The lowest BCUT2D eigenvalue weighted by Gasteiger charge is -2.58. The van der Waals surface area contributed by atoms with Crippen molar-refractivity contribution in [2.75, 3.05) is 5.65 Å². The first kappa shape index (κ1) is 23.0. The molecule has 0 N–H and O–H groups in total. The van der Waals surface area contributed by atoms with Gasteiger partial charge >= 0.3 is 6.18 Å². The first-order valence-corrected chi connectivity index (χ1v) is 13.7. The molecule has 7 unspecified atom stereocenters. The number of allylic oxidation sites excluding steroid dienone is 1. The Bertz CT molecular complexity index is 825. The van der Waals surface area contributed by atoms with Crippen LogP contribution in [0.5, 0.6) is 0 Å². The van der Waals surface area contributed by atoms with Crippen molar-refractivity contribution in [3.8, 4) is 0 Å². The summed E-state index contributed by atoms with van der Waals surface area (Å²) in [6.45, 7) is 6.91. The molecule has 4 rings (SSSR count). The normalized spacial score (nSPS) is 42.2. The Balaban J connectivity index is 1.41. The van der Waals surface area contributed by atoms with Crippen molar-refractivity contribution in [2.45, 2.75) is 97.3 Å². The quantitative estimate of drug-likeness (QED) is 0.216. The molecule has 2 nitrogen and oxygen atoms in total. The van der Waals surface area contributed by atoms with E-state index < -0.39 is 19.7 Å². The largest absolute Gasteiger partial charge is 0.449 e. The molecular formula is C26H40BF3O2S. The molecule has 33 heavy (non-hydrogen) atoms. The third kappa shape index (κ3) is 4.71.